The maximum Gasteiger partial charge on any atom is 0.253 e. The number of aromatic nitrogens is 1. The lowest BCUT2D eigenvalue weighted by Crippen LogP contribution is -2.25. The van der Waals surface area contributed by atoms with Gasteiger partial charge in [-0.15, -0.1) is 0 Å². The Morgan fingerprint density at radius 2 is 1.90 bits per heavy atom. The smallest absolute Gasteiger partial charge is 0.253 e. The van der Waals surface area contributed by atoms with Gasteiger partial charge in [0.25, 0.3) is 5.91 Å². The van der Waals surface area contributed by atoms with Crippen LogP contribution in [0, 0.1) is 6.92 Å². The second-order valence-electron chi connectivity index (χ2n) is 4.39. The molecule has 2 aromatic rings. The Hall–Kier alpha value is -2.56. The molecule has 0 radical (unpaired) electrons. The monoisotopic (exact) mass is 272 g/mol. The number of pyridine rings is 1. The number of hydrogen-bond donors (Lipinski definition) is 2. The van der Waals surface area contributed by atoms with Crippen LogP contribution in [0.2, 0.25) is 0 Å². The normalized spacial score (nSPS) is 10.1. The van der Waals surface area contributed by atoms with E-state index < -0.39 is 0 Å². The van der Waals surface area contributed by atoms with Gasteiger partial charge in [-0.25, -0.2) is 0 Å². The molecule has 0 saturated heterocycles. The minimum atomic E-state index is -0.214. The summed E-state index contributed by atoms with van der Waals surface area (Å²) in [4.78, 5) is 25.7. The van der Waals surface area contributed by atoms with Crippen LogP contribution in [0.1, 0.15) is 21.6 Å². The van der Waals surface area contributed by atoms with Gasteiger partial charge in [-0.2, -0.15) is 0 Å². The van der Waals surface area contributed by atoms with Crippen molar-refractivity contribution in [2.24, 2.45) is 0 Å². The Balaban J connectivity index is 2.02. The number of amides is 1. The van der Waals surface area contributed by atoms with Gasteiger partial charge in [0, 0.05) is 18.3 Å². The van der Waals surface area contributed by atoms with Gasteiger partial charge in [0.15, 0.2) is 0 Å². The van der Waals surface area contributed by atoms with E-state index in [-0.39, 0.29) is 11.5 Å². The van der Waals surface area contributed by atoms with Gasteiger partial charge in [0.2, 0.25) is 5.56 Å². The van der Waals surface area contributed by atoms with Crippen molar-refractivity contribution in [3.05, 3.63) is 63.6 Å². The maximum absolute atomic E-state index is 12.0. The Bertz CT molecular complexity index is 660. The number of benzene rings is 1. The molecular formula is C15H16N2O3. The van der Waals surface area contributed by atoms with Gasteiger partial charge in [-0.1, -0.05) is 12.1 Å². The number of rotatable bonds is 4. The van der Waals surface area contributed by atoms with E-state index in [2.05, 4.69) is 10.3 Å². The van der Waals surface area contributed by atoms with Gasteiger partial charge in [-0.05, 0) is 30.7 Å². The third-order valence-electron chi connectivity index (χ3n) is 2.97. The standard InChI is InChI=1S/C15H16N2O3/c1-10-13(7-8-14(18)17-10)15(19)16-9-11-3-5-12(20-2)6-4-11/h3-8H,9H2,1-2H3,(H,16,19)(H,17,18). The highest BCUT2D eigenvalue weighted by molar-refractivity contribution is 5.95. The van der Waals surface area contributed by atoms with Crippen LogP contribution < -0.4 is 15.6 Å². The highest BCUT2D eigenvalue weighted by atomic mass is 16.5. The Kier molecular flexibility index (Phi) is 4.20. The minimum Gasteiger partial charge on any atom is -0.497 e. The van der Waals surface area contributed by atoms with Gasteiger partial charge >= 0.3 is 0 Å². The summed E-state index contributed by atoms with van der Waals surface area (Å²) in [5.74, 6) is 0.561. The van der Waals surface area contributed by atoms with E-state index in [0.717, 1.165) is 11.3 Å². The zero-order chi connectivity index (χ0) is 14.5. The molecular weight excluding hydrogens is 256 g/mol. The molecule has 1 heterocycles. The van der Waals surface area contributed by atoms with Crippen molar-refractivity contribution in [2.75, 3.05) is 7.11 Å². The van der Waals surface area contributed by atoms with E-state index in [0.29, 0.717) is 17.8 Å². The van der Waals surface area contributed by atoms with Crippen molar-refractivity contribution < 1.29 is 9.53 Å². The van der Waals surface area contributed by atoms with Crippen LogP contribution in [-0.2, 0) is 6.54 Å². The zero-order valence-electron chi connectivity index (χ0n) is 11.4. The molecule has 1 aromatic heterocycles. The lowest BCUT2D eigenvalue weighted by atomic mass is 10.1. The lowest BCUT2D eigenvalue weighted by molar-refractivity contribution is 0.0950. The molecule has 0 aliphatic heterocycles. The van der Waals surface area contributed by atoms with Crippen LogP contribution in [0.5, 0.6) is 5.75 Å². The Morgan fingerprint density at radius 1 is 1.20 bits per heavy atom. The fourth-order valence-corrected chi connectivity index (χ4v) is 1.84. The molecule has 0 spiro atoms. The van der Waals surface area contributed by atoms with Crippen molar-refractivity contribution in [3.8, 4) is 5.75 Å². The van der Waals surface area contributed by atoms with E-state index in [1.807, 2.05) is 24.3 Å². The highest BCUT2D eigenvalue weighted by Gasteiger charge is 2.08. The fourth-order valence-electron chi connectivity index (χ4n) is 1.84. The average molecular weight is 272 g/mol. The van der Waals surface area contributed by atoms with E-state index >= 15 is 0 Å². The summed E-state index contributed by atoms with van der Waals surface area (Å²) >= 11 is 0. The largest absolute Gasteiger partial charge is 0.497 e. The third-order valence-corrected chi connectivity index (χ3v) is 2.97. The molecule has 2 rings (SSSR count). The van der Waals surface area contributed by atoms with Gasteiger partial charge in [0.1, 0.15) is 5.75 Å². The van der Waals surface area contributed by atoms with E-state index in [1.165, 1.54) is 12.1 Å². The number of nitrogens with one attached hydrogen (secondary N) is 2. The first-order chi connectivity index (χ1) is 9.60. The summed E-state index contributed by atoms with van der Waals surface area (Å²) < 4.78 is 5.07. The first-order valence-corrected chi connectivity index (χ1v) is 6.21. The number of aromatic amines is 1. The Labute approximate surface area is 116 Å². The number of aryl methyl sites for hydroxylation is 1. The number of carbonyl (C=O) groups is 1. The number of hydrogen-bond acceptors (Lipinski definition) is 3. The molecule has 2 N–H and O–H groups in total. The SMILES string of the molecule is COc1ccc(CNC(=O)c2ccc(=O)[nH]c2C)cc1. The molecule has 0 bridgehead atoms. The van der Waals surface area contributed by atoms with Gasteiger partial charge in [0.05, 0.1) is 12.7 Å². The molecule has 0 saturated carbocycles. The molecule has 0 fully saturated rings. The van der Waals surface area contributed by atoms with E-state index in [9.17, 15) is 9.59 Å². The first kappa shape index (κ1) is 13.9. The van der Waals surface area contributed by atoms with Crippen LogP contribution >= 0.6 is 0 Å². The van der Waals surface area contributed by atoms with Crippen molar-refractivity contribution >= 4 is 5.91 Å². The summed E-state index contributed by atoms with van der Waals surface area (Å²) in [5.41, 5.74) is 1.79. The van der Waals surface area contributed by atoms with Crippen molar-refractivity contribution in [1.82, 2.24) is 10.3 Å². The second-order valence-corrected chi connectivity index (χ2v) is 4.39. The van der Waals surface area contributed by atoms with Gasteiger partial charge in [-0.3, -0.25) is 9.59 Å². The van der Waals surface area contributed by atoms with Gasteiger partial charge < -0.3 is 15.0 Å². The first-order valence-electron chi connectivity index (χ1n) is 6.21. The predicted octanol–water partition coefficient (Wildman–Crippen LogP) is 1.62. The average Bonchev–Trinajstić information content (AvgIpc) is 2.45. The Morgan fingerprint density at radius 3 is 2.50 bits per heavy atom. The zero-order valence-corrected chi connectivity index (χ0v) is 11.4. The number of carbonyl (C=O) groups excluding carboxylic acids is 1. The number of H-pyrrole nitrogens is 1. The molecule has 5 nitrogen and oxygen atoms in total. The molecule has 1 amide bonds. The molecule has 5 heteroatoms. The number of methoxy groups -OCH3 is 1. The summed E-state index contributed by atoms with van der Waals surface area (Å²) in [5, 5.41) is 2.81. The second kappa shape index (κ2) is 6.06. The van der Waals surface area contributed by atoms with Crippen LogP contribution in [-0.4, -0.2) is 18.0 Å². The van der Waals surface area contributed by atoms with Crippen LogP contribution in [0.4, 0.5) is 0 Å². The predicted molar refractivity (Wildman–Crippen MR) is 76.0 cm³/mol. The van der Waals surface area contributed by atoms with Crippen molar-refractivity contribution in [1.29, 1.82) is 0 Å². The topological polar surface area (TPSA) is 71.2 Å². The van der Waals surface area contributed by atoms with Crippen LogP contribution in [0.3, 0.4) is 0 Å². The van der Waals surface area contributed by atoms with Crippen molar-refractivity contribution in [2.45, 2.75) is 13.5 Å². The maximum atomic E-state index is 12.0. The summed E-state index contributed by atoms with van der Waals surface area (Å²) in [6, 6.07) is 10.3. The molecule has 1 aromatic carbocycles. The highest BCUT2D eigenvalue weighted by Crippen LogP contribution is 2.11. The minimum absolute atomic E-state index is 0.213. The van der Waals surface area contributed by atoms with Crippen molar-refractivity contribution in [3.63, 3.8) is 0 Å². The summed E-state index contributed by atoms with van der Waals surface area (Å²) in [7, 11) is 1.61. The van der Waals surface area contributed by atoms with E-state index in [1.54, 1.807) is 14.0 Å². The quantitative estimate of drug-likeness (QED) is 0.888. The van der Waals surface area contributed by atoms with Crippen LogP contribution in [0.15, 0.2) is 41.2 Å². The summed E-state index contributed by atoms with van der Waals surface area (Å²) in [6.45, 7) is 2.12. The molecule has 0 aliphatic carbocycles. The lowest BCUT2D eigenvalue weighted by Gasteiger charge is -2.08. The number of ether oxygens (including phenoxy) is 1. The van der Waals surface area contributed by atoms with E-state index in [4.69, 9.17) is 4.74 Å². The summed E-state index contributed by atoms with van der Waals surface area (Å²) in [6.07, 6.45) is 0. The molecule has 0 aliphatic rings. The molecule has 104 valence electrons. The fraction of sp³-hybridized carbons (Fsp3) is 0.200. The molecule has 0 unspecified atom stereocenters. The third kappa shape index (κ3) is 3.26. The van der Waals surface area contributed by atoms with Crippen LogP contribution in [0.25, 0.3) is 0 Å². The molecule has 20 heavy (non-hydrogen) atoms. The molecule has 0 atom stereocenters.